The van der Waals surface area contributed by atoms with Gasteiger partial charge < -0.3 is 15.4 Å². The molecule has 4 aromatic rings. The van der Waals surface area contributed by atoms with Gasteiger partial charge in [0, 0.05) is 41.5 Å². The number of nitrogens with zero attached hydrogens (tertiary/aromatic N) is 2. The van der Waals surface area contributed by atoms with E-state index in [1.807, 2.05) is 48.5 Å². The van der Waals surface area contributed by atoms with Crippen molar-refractivity contribution < 1.29 is 4.74 Å². The number of benzene rings is 3. The Morgan fingerprint density at radius 3 is 2.53 bits per heavy atom. The average Bonchev–Trinajstić information content (AvgIpc) is 3.25. The molecule has 3 aromatic carbocycles. The number of pyridine rings is 1. The monoisotopic (exact) mass is 395 g/mol. The lowest BCUT2D eigenvalue weighted by Gasteiger charge is -2.22. The fraction of sp³-hybridized carbons (Fsp3) is 0.192. The molecule has 30 heavy (non-hydrogen) atoms. The largest absolute Gasteiger partial charge is 0.457 e. The molecule has 1 aromatic heterocycles. The molecule has 1 atom stereocenters. The number of aryl methyl sites for hydroxylation is 1. The third-order valence-corrected chi connectivity index (χ3v) is 5.80. The van der Waals surface area contributed by atoms with Crippen molar-refractivity contribution in [3.63, 3.8) is 0 Å². The summed E-state index contributed by atoms with van der Waals surface area (Å²) >= 11 is 0. The molecule has 0 amide bonds. The van der Waals surface area contributed by atoms with Crippen molar-refractivity contribution in [3.8, 4) is 11.5 Å². The molecule has 2 N–H and O–H groups in total. The second-order valence-corrected chi connectivity index (χ2v) is 7.98. The molecule has 4 nitrogen and oxygen atoms in total. The van der Waals surface area contributed by atoms with E-state index in [-0.39, 0.29) is 0 Å². The normalized spacial score (nSPS) is 16.2. The van der Waals surface area contributed by atoms with Gasteiger partial charge in [0.15, 0.2) is 0 Å². The fourth-order valence-electron chi connectivity index (χ4n) is 4.28. The van der Waals surface area contributed by atoms with Crippen LogP contribution >= 0.6 is 0 Å². The Morgan fingerprint density at radius 1 is 0.933 bits per heavy atom. The number of hydrogen-bond donors (Lipinski definition) is 1. The molecular weight excluding hydrogens is 370 g/mol. The van der Waals surface area contributed by atoms with Crippen LogP contribution in [0.2, 0.25) is 0 Å². The van der Waals surface area contributed by atoms with Crippen molar-refractivity contribution in [1.29, 1.82) is 0 Å². The zero-order chi connectivity index (χ0) is 20.5. The summed E-state index contributed by atoms with van der Waals surface area (Å²) in [4.78, 5) is 7.22. The second kappa shape index (κ2) is 7.71. The smallest absolute Gasteiger partial charge is 0.128 e. The van der Waals surface area contributed by atoms with E-state index >= 15 is 0 Å². The number of nitrogen functional groups attached to an aromatic ring is 1. The van der Waals surface area contributed by atoms with Gasteiger partial charge in [0.2, 0.25) is 0 Å². The van der Waals surface area contributed by atoms with Crippen LogP contribution in [0.25, 0.3) is 10.9 Å². The first kappa shape index (κ1) is 18.5. The van der Waals surface area contributed by atoms with Crippen LogP contribution < -0.4 is 15.4 Å². The van der Waals surface area contributed by atoms with Crippen molar-refractivity contribution in [1.82, 2.24) is 4.98 Å². The summed E-state index contributed by atoms with van der Waals surface area (Å²) in [5.74, 6) is 2.18. The third kappa shape index (κ3) is 3.69. The molecule has 1 unspecified atom stereocenters. The van der Waals surface area contributed by atoms with E-state index in [1.165, 1.54) is 11.3 Å². The minimum absolute atomic E-state index is 0.512. The molecule has 1 aliphatic rings. The number of fused-ring (bicyclic) bond motifs is 1. The van der Waals surface area contributed by atoms with Crippen LogP contribution in [0.4, 0.5) is 11.4 Å². The summed E-state index contributed by atoms with van der Waals surface area (Å²) < 4.78 is 6.08. The summed E-state index contributed by atoms with van der Waals surface area (Å²) in [7, 11) is 0. The molecular formula is C26H25N3O. The molecule has 1 saturated heterocycles. The highest BCUT2D eigenvalue weighted by Crippen LogP contribution is 2.36. The predicted octanol–water partition coefficient (Wildman–Crippen LogP) is 5.91. The van der Waals surface area contributed by atoms with Crippen molar-refractivity contribution >= 4 is 22.3 Å². The molecule has 0 spiro atoms. The van der Waals surface area contributed by atoms with Crippen LogP contribution in [-0.2, 0) is 0 Å². The molecule has 2 heterocycles. The van der Waals surface area contributed by atoms with Crippen molar-refractivity contribution in [2.75, 3.05) is 23.7 Å². The second-order valence-electron chi connectivity index (χ2n) is 7.98. The van der Waals surface area contributed by atoms with Gasteiger partial charge in [-0.15, -0.1) is 0 Å². The molecule has 1 aliphatic heterocycles. The predicted molar refractivity (Wildman–Crippen MR) is 123 cm³/mol. The van der Waals surface area contributed by atoms with E-state index < -0.39 is 0 Å². The minimum Gasteiger partial charge on any atom is -0.457 e. The molecule has 0 aliphatic carbocycles. The SMILES string of the molecule is Cc1cc(N2CCC(c3ccc(N)cc3)C2)c2cc(Oc3ccccc3)ccc2n1. The van der Waals surface area contributed by atoms with Crippen LogP contribution in [0.1, 0.15) is 23.6 Å². The highest BCUT2D eigenvalue weighted by molar-refractivity contribution is 5.93. The number of anilines is 2. The Bertz CT molecular complexity index is 1170. The van der Waals surface area contributed by atoms with E-state index in [4.69, 9.17) is 15.5 Å². The van der Waals surface area contributed by atoms with Gasteiger partial charge in [0.05, 0.1) is 5.52 Å². The standard InChI is InChI=1S/C26H25N3O/c1-18-15-26(29-14-13-20(17-29)19-7-9-21(27)10-8-19)24-16-23(11-12-25(24)28-18)30-22-5-3-2-4-6-22/h2-12,15-16,20H,13-14,17,27H2,1H3. The first-order valence-corrected chi connectivity index (χ1v) is 10.4. The van der Waals surface area contributed by atoms with E-state index in [2.05, 4.69) is 42.2 Å². The fourth-order valence-corrected chi connectivity index (χ4v) is 4.28. The van der Waals surface area contributed by atoms with E-state index in [0.717, 1.165) is 53.3 Å². The van der Waals surface area contributed by atoms with Crippen molar-refractivity contribution in [2.45, 2.75) is 19.3 Å². The first-order chi connectivity index (χ1) is 14.7. The lowest BCUT2D eigenvalue weighted by molar-refractivity contribution is 0.483. The van der Waals surface area contributed by atoms with Gasteiger partial charge in [-0.3, -0.25) is 4.98 Å². The van der Waals surface area contributed by atoms with Crippen LogP contribution in [0, 0.1) is 6.92 Å². The summed E-state index contributed by atoms with van der Waals surface area (Å²) in [6.07, 6.45) is 1.13. The van der Waals surface area contributed by atoms with Crippen molar-refractivity contribution in [2.24, 2.45) is 0 Å². The Balaban J connectivity index is 1.47. The number of rotatable bonds is 4. The third-order valence-electron chi connectivity index (χ3n) is 5.80. The maximum absolute atomic E-state index is 6.08. The Kier molecular flexibility index (Phi) is 4.75. The van der Waals surface area contributed by atoms with Gasteiger partial charge in [0.1, 0.15) is 11.5 Å². The Hall–Kier alpha value is -3.53. The quantitative estimate of drug-likeness (QED) is 0.436. The molecule has 5 rings (SSSR count). The van der Waals surface area contributed by atoms with E-state index in [1.54, 1.807) is 0 Å². The summed E-state index contributed by atoms with van der Waals surface area (Å²) in [5.41, 5.74) is 11.3. The minimum atomic E-state index is 0.512. The zero-order valence-electron chi connectivity index (χ0n) is 17.1. The Morgan fingerprint density at radius 2 is 1.73 bits per heavy atom. The number of hydrogen-bond acceptors (Lipinski definition) is 4. The summed E-state index contributed by atoms with van der Waals surface area (Å²) in [6.45, 7) is 4.08. The molecule has 1 fully saturated rings. The van der Waals surface area contributed by atoms with Gasteiger partial charge in [-0.1, -0.05) is 30.3 Å². The Labute approximate surface area is 176 Å². The van der Waals surface area contributed by atoms with E-state index in [0.29, 0.717) is 5.92 Å². The summed E-state index contributed by atoms with van der Waals surface area (Å²) in [6, 6.07) is 26.5. The maximum Gasteiger partial charge on any atom is 0.128 e. The van der Waals surface area contributed by atoms with Gasteiger partial charge in [-0.05, 0) is 67.4 Å². The highest BCUT2D eigenvalue weighted by atomic mass is 16.5. The molecule has 4 heteroatoms. The maximum atomic E-state index is 6.08. The molecule has 0 radical (unpaired) electrons. The number of nitrogens with two attached hydrogens (primary N) is 1. The van der Waals surface area contributed by atoms with Gasteiger partial charge in [0.25, 0.3) is 0 Å². The highest BCUT2D eigenvalue weighted by Gasteiger charge is 2.25. The van der Waals surface area contributed by atoms with Gasteiger partial charge in [-0.25, -0.2) is 0 Å². The topological polar surface area (TPSA) is 51.4 Å². The van der Waals surface area contributed by atoms with Crippen LogP contribution in [0.15, 0.2) is 78.9 Å². The zero-order valence-corrected chi connectivity index (χ0v) is 17.1. The average molecular weight is 396 g/mol. The first-order valence-electron chi connectivity index (χ1n) is 10.4. The van der Waals surface area contributed by atoms with Gasteiger partial charge >= 0.3 is 0 Å². The van der Waals surface area contributed by atoms with Crippen molar-refractivity contribution in [3.05, 3.63) is 90.1 Å². The molecule has 0 saturated carbocycles. The van der Waals surface area contributed by atoms with E-state index in [9.17, 15) is 0 Å². The lowest BCUT2D eigenvalue weighted by Crippen LogP contribution is -2.20. The molecule has 0 bridgehead atoms. The summed E-state index contributed by atoms with van der Waals surface area (Å²) in [5, 5.41) is 1.13. The van der Waals surface area contributed by atoms with Gasteiger partial charge in [-0.2, -0.15) is 0 Å². The molecule has 150 valence electrons. The van der Waals surface area contributed by atoms with Crippen LogP contribution in [0.5, 0.6) is 11.5 Å². The van der Waals surface area contributed by atoms with Crippen LogP contribution in [0.3, 0.4) is 0 Å². The number of ether oxygens (including phenoxy) is 1. The number of para-hydroxylation sites is 1. The van der Waals surface area contributed by atoms with Crippen LogP contribution in [-0.4, -0.2) is 18.1 Å². The number of aromatic nitrogens is 1. The lowest BCUT2D eigenvalue weighted by atomic mass is 9.98.